The number of hydrogen-bond acceptors (Lipinski definition) is 4. The van der Waals surface area contributed by atoms with Gasteiger partial charge in [-0.15, -0.1) is 0 Å². The number of rotatable bonds is 8. The van der Waals surface area contributed by atoms with Crippen LogP contribution in [0.15, 0.2) is 65.1 Å². The van der Waals surface area contributed by atoms with Crippen LogP contribution in [0.25, 0.3) is 0 Å². The van der Waals surface area contributed by atoms with Crippen molar-refractivity contribution in [2.75, 3.05) is 7.11 Å². The Morgan fingerprint density at radius 2 is 1.82 bits per heavy atom. The SMILES string of the molecule is COc1ccc(CNC(=O)c2ccc(C[S@@](=O)Cc3ccccc3Cl)o2)cc1. The van der Waals surface area contributed by atoms with E-state index in [0.29, 0.717) is 23.1 Å². The molecule has 28 heavy (non-hydrogen) atoms. The summed E-state index contributed by atoms with van der Waals surface area (Å²) >= 11 is 6.10. The van der Waals surface area contributed by atoms with Crippen molar-refractivity contribution < 1.29 is 18.2 Å². The Labute approximate surface area is 171 Å². The van der Waals surface area contributed by atoms with E-state index in [1.165, 1.54) is 0 Å². The summed E-state index contributed by atoms with van der Waals surface area (Å²) in [5.74, 6) is 1.68. The first-order valence-corrected chi connectivity index (χ1v) is 10.5. The van der Waals surface area contributed by atoms with E-state index in [2.05, 4.69) is 5.32 Å². The highest BCUT2D eigenvalue weighted by Crippen LogP contribution is 2.19. The number of carbonyl (C=O) groups is 1. The van der Waals surface area contributed by atoms with Gasteiger partial charge in [-0.25, -0.2) is 0 Å². The normalized spacial score (nSPS) is 11.8. The molecule has 5 nitrogen and oxygen atoms in total. The minimum absolute atomic E-state index is 0.193. The standard InChI is InChI=1S/C21H20ClNO4S/c1-26-17-8-6-15(7-9-17)12-23-21(24)20-11-10-18(27-20)14-28(25)13-16-4-2-3-5-19(16)22/h2-11H,12-14H2,1H3,(H,23,24)/t28-/m0/s1. The van der Waals surface area contributed by atoms with Crippen molar-refractivity contribution >= 4 is 28.3 Å². The quantitative estimate of drug-likeness (QED) is 0.592. The molecule has 0 radical (unpaired) electrons. The molecular weight excluding hydrogens is 398 g/mol. The first kappa shape index (κ1) is 20.2. The third-order valence-electron chi connectivity index (χ3n) is 4.08. The van der Waals surface area contributed by atoms with E-state index in [1.807, 2.05) is 42.5 Å². The number of hydrogen-bond donors (Lipinski definition) is 1. The van der Waals surface area contributed by atoms with Crippen LogP contribution in [-0.4, -0.2) is 17.2 Å². The van der Waals surface area contributed by atoms with E-state index in [4.69, 9.17) is 20.8 Å². The van der Waals surface area contributed by atoms with Gasteiger partial charge in [0.25, 0.3) is 5.91 Å². The van der Waals surface area contributed by atoms with Gasteiger partial charge in [-0.3, -0.25) is 9.00 Å². The van der Waals surface area contributed by atoms with Gasteiger partial charge in [0.2, 0.25) is 0 Å². The minimum atomic E-state index is -1.19. The summed E-state index contributed by atoms with van der Waals surface area (Å²) in [7, 11) is 0.413. The van der Waals surface area contributed by atoms with Crippen molar-refractivity contribution in [2.45, 2.75) is 18.1 Å². The molecule has 146 valence electrons. The van der Waals surface area contributed by atoms with Crippen molar-refractivity contribution in [1.29, 1.82) is 0 Å². The van der Waals surface area contributed by atoms with Gasteiger partial charge in [0, 0.05) is 22.4 Å². The van der Waals surface area contributed by atoms with E-state index in [0.717, 1.165) is 16.9 Å². The second kappa shape index (κ2) is 9.57. The Morgan fingerprint density at radius 3 is 2.54 bits per heavy atom. The molecule has 7 heteroatoms. The number of nitrogens with one attached hydrogen (secondary N) is 1. The molecular formula is C21H20ClNO4S. The molecule has 0 saturated carbocycles. The van der Waals surface area contributed by atoms with Crippen LogP contribution in [0.1, 0.15) is 27.4 Å². The maximum Gasteiger partial charge on any atom is 0.287 e. The highest BCUT2D eigenvalue weighted by Gasteiger charge is 2.13. The molecule has 0 saturated heterocycles. The van der Waals surface area contributed by atoms with Gasteiger partial charge in [-0.05, 0) is 41.5 Å². The molecule has 3 aromatic rings. The molecule has 0 unspecified atom stereocenters. The molecule has 1 amide bonds. The monoisotopic (exact) mass is 417 g/mol. The van der Waals surface area contributed by atoms with Gasteiger partial charge < -0.3 is 14.5 Å². The smallest absolute Gasteiger partial charge is 0.287 e. The summed E-state index contributed by atoms with van der Waals surface area (Å²) in [6.45, 7) is 0.372. The van der Waals surface area contributed by atoms with E-state index in [9.17, 15) is 9.00 Å². The molecule has 1 aromatic heterocycles. The molecule has 1 atom stereocenters. The Hall–Kier alpha value is -2.57. The van der Waals surface area contributed by atoms with Crippen molar-refractivity contribution in [2.24, 2.45) is 0 Å². The van der Waals surface area contributed by atoms with E-state index in [1.54, 1.807) is 25.3 Å². The molecule has 0 aliphatic rings. The van der Waals surface area contributed by atoms with Crippen LogP contribution in [0.3, 0.4) is 0 Å². The second-order valence-electron chi connectivity index (χ2n) is 6.12. The van der Waals surface area contributed by atoms with Gasteiger partial charge in [0.15, 0.2) is 5.76 Å². The first-order valence-electron chi connectivity index (χ1n) is 8.63. The number of carbonyl (C=O) groups excluding carboxylic acids is 1. The number of amides is 1. The van der Waals surface area contributed by atoms with Crippen LogP contribution in [0.4, 0.5) is 0 Å². The fraction of sp³-hybridized carbons (Fsp3) is 0.190. The molecule has 0 aliphatic carbocycles. The molecule has 0 bridgehead atoms. The summed E-state index contributed by atoms with van der Waals surface area (Å²) < 4.78 is 23.0. The van der Waals surface area contributed by atoms with Gasteiger partial charge in [0.1, 0.15) is 11.5 Å². The van der Waals surface area contributed by atoms with Gasteiger partial charge in [-0.2, -0.15) is 0 Å². The Balaban J connectivity index is 1.53. The average molecular weight is 418 g/mol. The Kier molecular flexibility index (Phi) is 6.90. The van der Waals surface area contributed by atoms with Gasteiger partial charge >= 0.3 is 0 Å². The predicted molar refractivity (Wildman–Crippen MR) is 110 cm³/mol. The number of methoxy groups -OCH3 is 1. The molecule has 0 fully saturated rings. The highest BCUT2D eigenvalue weighted by atomic mass is 35.5. The second-order valence-corrected chi connectivity index (χ2v) is 7.98. The molecule has 1 heterocycles. The van der Waals surface area contributed by atoms with Crippen molar-refractivity contribution in [3.05, 3.63) is 88.3 Å². The maximum absolute atomic E-state index is 12.4. The van der Waals surface area contributed by atoms with Crippen molar-refractivity contribution in [3.63, 3.8) is 0 Å². The number of halogens is 1. The van der Waals surface area contributed by atoms with Crippen LogP contribution in [-0.2, 0) is 28.9 Å². The predicted octanol–water partition coefficient (Wildman–Crippen LogP) is 4.32. The lowest BCUT2D eigenvalue weighted by Gasteiger charge is -2.05. The summed E-state index contributed by atoms with van der Waals surface area (Å²) in [5, 5.41) is 3.39. The van der Waals surface area contributed by atoms with E-state index >= 15 is 0 Å². The summed E-state index contributed by atoms with van der Waals surface area (Å²) in [6, 6.07) is 18.0. The van der Waals surface area contributed by atoms with E-state index in [-0.39, 0.29) is 17.4 Å². The lowest BCUT2D eigenvalue weighted by molar-refractivity contribution is 0.0921. The van der Waals surface area contributed by atoms with Crippen molar-refractivity contribution in [3.8, 4) is 5.75 Å². The van der Waals surface area contributed by atoms with Gasteiger partial charge in [0.05, 0.1) is 18.6 Å². The number of benzene rings is 2. The number of ether oxygens (including phenoxy) is 1. The summed E-state index contributed by atoms with van der Waals surface area (Å²) in [5.41, 5.74) is 1.77. The molecule has 0 aliphatic heterocycles. The third-order valence-corrected chi connectivity index (χ3v) is 5.68. The summed E-state index contributed by atoms with van der Waals surface area (Å²) in [4.78, 5) is 12.3. The fourth-order valence-corrected chi connectivity index (χ4v) is 4.04. The topological polar surface area (TPSA) is 68.5 Å². The third kappa shape index (κ3) is 5.47. The molecule has 0 spiro atoms. The lowest BCUT2D eigenvalue weighted by atomic mass is 10.2. The Bertz CT molecular complexity index is 969. The minimum Gasteiger partial charge on any atom is -0.497 e. The van der Waals surface area contributed by atoms with Crippen LogP contribution < -0.4 is 10.1 Å². The van der Waals surface area contributed by atoms with Crippen LogP contribution in [0.5, 0.6) is 5.75 Å². The zero-order chi connectivity index (χ0) is 19.9. The van der Waals surface area contributed by atoms with Crippen LogP contribution >= 0.6 is 11.6 Å². The van der Waals surface area contributed by atoms with Crippen LogP contribution in [0.2, 0.25) is 5.02 Å². The average Bonchev–Trinajstić information content (AvgIpc) is 3.16. The molecule has 2 aromatic carbocycles. The highest BCUT2D eigenvalue weighted by molar-refractivity contribution is 7.83. The number of furan rings is 1. The molecule has 3 rings (SSSR count). The fourth-order valence-electron chi connectivity index (χ4n) is 2.59. The van der Waals surface area contributed by atoms with Crippen LogP contribution in [0, 0.1) is 0 Å². The Morgan fingerprint density at radius 1 is 1.07 bits per heavy atom. The zero-order valence-corrected chi connectivity index (χ0v) is 16.9. The molecule has 1 N–H and O–H groups in total. The van der Waals surface area contributed by atoms with Crippen molar-refractivity contribution in [1.82, 2.24) is 5.32 Å². The summed E-state index contributed by atoms with van der Waals surface area (Å²) in [6.07, 6.45) is 0. The maximum atomic E-state index is 12.4. The van der Waals surface area contributed by atoms with Gasteiger partial charge in [-0.1, -0.05) is 41.9 Å². The first-order chi connectivity index (χ1) is 13.5. The lowest BCUT2D eigenvalue weighted by Crippen LogP contribution is -2.22. The van der Waals surface area contributed by atoms with E-state index < -0.39 is 10.8 Å². The zero-order valence-electron chi connectivity index (χ0n) is 15.3. The largest absolute Gasteiger partial charge is 0.497 e.